The summed E-state index contributed by atoms with van der Waals surface area (Å²) in [4.78, 5) is 16.2. The quantitative estimate of drug-likeness (QED) is 0.239. The Morgan fingerprint density at radius 1 is 1.09 bits per heavy atom. The van der Waals surface area contributed by atoms with Gasteiger partial charge >= 0.3 is 5.97 Å². The standard InChI is InChI=1S/C37H49ClN2O5/c1-36(2)31(27-11-5-4-6-12-27)13-9-17-37(36,45-22-10-19-39-21-16-30(41)26-39)18-15-28-24-34(44-3)29(23-32(28)38)25-40-20-8-7-14-33(40)35(42)43/h4-6,9,11-13,17,23-24,30,33,41H,7-8,10,14-16,18-22,25-26H2,1-3H3,(H,42,43)/t30-,33+,37?/m1/s1. The monoisotopic (exact) mass is 636 g/mol. The maximum atomic E-state index is 11.9. The first-order valence-electron chi connectivity index (χ1n) is 16.5. The first-order chi connectivity index (χ1) is 21.6. The number of aryl methyl sites for hydroxylation is 1. The number of ether oxygens (including phenoxy) is 2. The lowest BCUT2D eigenvalue weighted by Crippen LogP contribution is -2.48. The van der Waals surface area contributed by atoms with E-state index in [-0.39, 0.29) is 11.5 Å². The smallest absolute Gasteiger partial charge is 0.320 e. The number of nitrogens with zero attached hydrogens (tertiary/aromatic N) is 2. The summed E-state index contributed by atoms with van der Waals surface area (Å²) in [5, 5.41) is 20.4. The molecule has 1 unspecified atom stereocenters. The van der Waals surface area contributed by atoms with Gasteiger partial charge in [0, 0.05) is 48.8 Å². The van der Waals surface area contributed by atoms with E-state index in [4.69, 9.17) is 21.1 Å². The van der Waals surface area contributed by atoms with Crippen molar-refractivity contribution in [2.45, 2.75) is 83.1 Å². The van der Waals surface area contributed by atoms with Crippen molar-refractivity contribution in [3.05, 3.63) is 82.4 Å². The van der Waals surface area contributed by atoms with Crippen LogP contribution in [0.15, 0.2) is 60.7 Å². The molecule has 1 aliphatic carbocycles. The van der Waals surface area contributed by atoms with Gasteiger partial charge in [0.15, 0.2) is 0 Å². The summed E-state index contributed by atoms with van der Waals surface area (Å²) in [7, 11) is 1.66. The molecule has 2 aromatic rings. The number of rotatable bonds is 13. The van der Waals surface area contributed by atoms with Crippen LogP contribution in [-0.2, 0) is 22.5 Å². The van der Waals surface area contributed by atoms with Crippen LogP contribution in [-0.4, -0.2) is 83.6 Å². The SMILES string of the molecule is COc1cc(CCC2(OCCCN3CC[C@@H](O)C3)C=CC=C(c3ccccc3)C2(C)C)c(Cl)cc1CN1CCCC[C@H]1C(=O)O. The minimum absolute atomic E-state index is 0.220. The molecule has 8 heteroatoms. The van der Waals surface area contributed by atoms with E-state index in [2.05, 4.69) is 61.2 Å². The van der Waals surface area contributed by atoms with Gasteiger partial charge in [0.2, 0.25) is 0 Å². The molecule has 45 heavy (non-hydrogen) atoms. The third-order valence-corrected chi connectivity index (χ3v) is 10.5. The summed E-state index contributed by atoms with van der Waals surface area (Å²) in [6.07, 6.45) is 12.1. The van der Waals surface area contributed by atoms with E-state index in [1.807, 2.05) is 23.1 Å². The summed E-state index contributed by atoms with van der Waals surface area (Å²) in [5.41, 5.74) is 3.41. The van der Waals surface area contributed by atoms with Gasteiger partial charge in [-0.3, -0.25) is 9.69 Å². The maximum Gasteiger partial charge on any atom is 0.320 e. The van der Waals surface area contributed by atoms with Crippen LogP contribution in [0.4, 0.5) is 0 Å². The molecule has 2 heterocycles. The molecular formula is C37H49ClN2O5. The van der Waals surface area contributed by atoms with Crippen molar-refractivity contribution < 1.29 is 24.5 Å². The van der Waals surface area contributed by atoms with E-state index in [1.54, 1.807) is 7.11 Å². The van der Waals surface area contributed by atoms with Crippen LogP contribution in [0, 0.1) is 5.41 Å². The molecule has 2 saturated heterocycles. The molecule has 0 bridgehead atoms. The summed E-state index contributed by atoms with van der Waals surface area (Å²) >= 11 is 6.96. The fourth-order valence-corrected chi connectivity index (χ4v) is 7.70. The number of benzene rings is 2. The van der Waals surface area contributed by atoms with Gasteiger partial charge in [0.25, 0.3) is 0 Å². The first-order valence-corrected chi connectivity index (χ1v) is 16.8. The van der Waals surface area contributed by atoms with Gasteiger partial charge in [-0.1, -0.05) is 80.4 Å². The molecule has 0 radical (unpaired) electrons. The van der Waals surface area contributed by atoms with E-state index in [9.17, 15) is 15.0 Å². The van der Waals surface area contributed by atoms with Crippen molar-refractivity contribution in [3.8, 4) is 5.75 Å². The average Bonchev–Trinajstić information content (AvgIpc) is 3.45. The second-order valence-corrected chi connectivity index (χ2v) is 13.7. The predicted octanol–water partition coefficient (Wildman–Crippen LogP) is 6.61. The van der Waals surface area contributed by atoms with E-state index in [0.717, 1.165) is 75.2 Å². The minimum Gasteiger partial charge on any atom is -0.496 e. The summed E-state index contributed by atoms with van der Waals surface area (Å²) in [5.74, 6) is -0.0398. The summed E-state index contributed by atoms with van der Waals surface area (Å²) in [6.45, 7) is 8.97. The highest BCUT2D eigenvalue weighted by atomic mass is 35.5. The fraction of sp³-hybridized carbons (Fsp3) is 0.541. The Kier molecular flexibility index (Phi) is 11.1. The normalized spacial score (nSPS) is 25.3. The van der Waals surface area contributed by atoms with Gasteiger partial charge in [-0.25, -0.2) is 0 Å². The molecular weight excluding hydrogens is 588 g/mol. The van der Waals surface area contributed by atoms with E-state index in [0.29, 0.717) is 31.0 Å². The van der Waals surface area contributed by atoms with Crippen LogP contribution >= 0.6 is 11.6 Å². The first kappa shape index (κ1) is 33.7. The number of likely N-dealkylation sites (tertiary alicyclic amines) is 2. The fourth-order valence-electron chi connectivity index (χ4n) is 7.41. The minimum atomic E-state index is -0.772. The molecule has 0 amide bonds. The second-order valence-electron chi connectivity index (χ2n) is 13.3. The third kappa shape index (κ3) is 7.66. The Bertz CT molecular complexity index is 1380. The number of allylic oxidation sites excluding steroid dienone is 2. The number of carboxylic acid groups (broad SMARTS) is 1. The average molecular weight is 637 g/mol. The van der Waals surface area contributed by atoms with Crippen LogP contribution < -0.4 is 4.74 Å². The van der Waals surface area contributed by atoms with E-state index in [1.165, 1.54) is 11.1 Å². The number of aliphatic hydroxyl groups excluding tert-OH is 1. The van der Waals surface area contributed by atoms with Crippen LogP contribution in [0.2, 0.25) is 5.02 Å². The molecule has 2 fully saturated rings. The number of halogens is 1. The van der Waals surface area contributed by atoms with Gasteiger partial charge in [0.1, 0.15) is 11.8 Å². The maximum absolute atomic E-state index is 11.9. The molecule has 0 saturated carbocycles. The molecule has 244 valence electrons. The third-order valence-electron chi connectivity index (χ3n) is 10.2. The zero-order valence-corrected chi connectivity index (χ0v) is 27.8. The zero-order valence-electron chi connectivity index (χ0n) is 27.0. The van der Waals surface area contributed by atoms with Crippen LogP contribution in [0.1, 0.15) is 69.1 Å². The van der Waals surface area contributed by atoms with Gasteiger partial charge in [-0.05, 0) is 73.9 Å². The van der Waals surface area contributed by atoms with Crippen molar-refractivity contribution in [3.63, 3.8) is 0 Å². The Labute approximate surface area is 273 Å². The van der Waals surface area contributed by atoms with Crippen molar-refractivity contribution in [1.29, 1.82) is 0 Å². The molecule has 0 spiro atoms. The molecule has 2 aromatic carbocycles. The number of hydrogen-bond donors (Lipinski definition) is 2. The molecule has 5 rings (SSSR count). The number of β-amino-alcohol motifs (C(OH)–C–C–N with tert-alkyl or cyclic N) is 1. The van der Waals surface area contributed by atoms with Crippen molar-refractivity contribution in [2.24, 2.45) is 5.41 Å². The Hall–Kier alpha value is -2.68. The van der Waals surface area contributed by atoms with Crippen LogP contribution in [0.25, 0.3) is 5.57 Å². The molecule has 3 atom stereocenters. The van der Waals surface area contributed by atoms with Gasteiger partial charge < -0.3 is 24.6 Å². The molecule has 2 N–H and O–H groups in total. The topological polar surface area (TPSA) is 82.5 Å². The van der Waals surface area contributed by atoms with Gasteiger partial charge in [0.05, 0.1) is 18.8 Å². The van der Waals surface area contributed by atoms with Crippen LogP contribution in [0.3, 0.4) is 0 Å². The highest BCUT2D eigenvalue weighted by molar-refractivity contribution is 6.31. The lowest BCUT2D eigenvalue weighted by Gasteiger charge is -2.48. The molecule has 0 aromatic heterocycles. The summed E-state index contributed by atoms with van der Waals surface area (Å²) < 4.78 is 12.8. The number of carboxylic acids is 1. The number of methoxy groups -OCH3 is 1. The molecule has 3 aliphatic rings. The number of aliphatic hydroxyl groups is 1. The number of piperidine rings is 1. The second kappa shape index (κ2) is 14.8. The molecule has 7 nitrogen and oxygen atoms in total. The summed E-state index contributed by atoms with van der Waals surface area (Å²) in [6, 6.07) is 14.0. The number of hydrogen-bond acceptors (Lipinski definition) is 6. The molecule has 2 aliphatic heterocycles. The number of carbonyl (C=O) groups is 1. The Morgan fingerprint density at radius 3 is 2.60 bits per heavy atom. The lowest BCUT2D eigenvalue weighted by molar-refractivity contribution is -0.144. The van der Waals surface area contributed by atoms with Gasteiger partial charge in [-0.15, -0.1) is 0 Å². The zero-order chi connectivity index (χ0) is 32.0. The van der Waals surface area contributed by atoms with Crippen molar-refractivity contribution >= 4 is 23.1 Å². The van der Waals surface area contributed by atoms with E-state index < -0.39 is 17.6 Å². The van der Waals surface area contributed by atoms with Crippen LogP contribution in [0.5, 0.6) is 5.75 Å². The van der Waals surface area contributed by atoms with Crippen molar-refractivity contribution in [2.75, 3.05) is 39.9 Å². The number of aliphatic carboxylic acids is 1. The lowest BCUT2D eigenvalue weighted by atomic mass is 9.63. The van der Waals surface area contributed by atoms with Gasteiger partial charge in [-0.2, -0.15) is 0 Å². The Balaban J connectivity index is 1.36. The highest BCUT2D eigenvalue weighted by Crippen LogP contribution is 2.51. The largest absolute Gasteiger partial charge is 0.496 e. The highest BCUT2D eigenvalue weighted by Gasteiger charge is 2.48. The predicted molar refractivity (Wildman–Crippen MR) is 180 cm³/mol. The van der Waals surface area contributed by atoms with Crippen molar-refractivity contribution in [1.82, 2.24) is 9.80 Å². The Morgan fingerprint density at radius 2 is 1.89 bits per heavy atom. The van der Waals surface area contributed by atoms with E-state index >= 15 is 0 Å².